The highest BCUT2D eigenvalue weighted by Gasteiger charge is 2.22. The van der Waals surface area contributed by atoms with E-state index in [1.54, 1.807) is 0 Å². The standard InChI is InChI=1S/C10H21N3O/c1-3-11-9-6-5-7-13(8-9)10(14)12-4-2/h9,11H,3-8H2,1-2H3,(H,12,14). The molecule has 0 aromatic rings. The first-order chi connectivity index (χ1) is 6.77. The van der Waals surface area contributed by atoms with Gasteiger partial charge in [0.1, 0.15) is 0 Å². The summed E-state index contributed by atoms with van der Waals surface area (Å²) in [7, 11) is 0. The molecule has 0 aliphatic carbocycles. The third-order valence-corrected chi connectivity index (χ3v) is 2.53. The molecular formula is C10H21N3O. The molecule has 1 heterocycles. The lowest BCUT2D eigenvalue weighted by molar-refractivity contribution is 0.174. The van der Waals surface area contributed by atoms with Gasteiger partial charge >= 0.3 is 6.03 Å². The lowest BCUT2D eigenvalue weighted by Gasteiger charge is -2.33. The van der Waals surface area contributed by atoms with Crippen LogP contribution in [0.2, 0.25) is 0 Å². The van der Waals surface area contributed by atoms with Crippen molar-refractivity contribution in [3.8, 4) is 0 Å². The highest BCUT2D eigenvalue weighted by atomic mass is 16.2. The van der Waals surface area contributed by atoms with E-state index in [1.165, 1.54) is 6.42 Å². The van der Waals surface area contributed by atoms with Crippen LogP contribution in [0.25, 0.3) is 0 Å². The number of likely N-dealkylation sites (N-methyl/N-ethyl adjacent to an activating group) is 1. The van der Waals surface area contributed by atoms with E-state index in [0.29, 0.717) is 12.6 Å². The molecule has 4 heteroatoms. The van der Waals surface area contributed by atoms with E-state index in [9.17, 15) is 4.79 Å². The predicted molar refractivity (Wildman–Crippen MR) is 57.3 cm³/mol. The zero-order chi connectivity index (χ0) is 10.4. The molecule has 2 amide bonds. The molecule has 1 aliphatic rings. The van der Waals surface area contributed by atoms with E-state index in [-0.39, 0.29) is 6.03 Å². The summed E-state index contributed by atoms with van der Waals surface area (Å²) in [6.07, 6.45) is 2.29. The van der Waals surface area contributed by atoms with Crippen molar-refractivity contribution in [2.75, 3.05) is 26.2 Å². The quantitative estimate of drug-likeness (QED) is 0.706. The number of likely N-dealkylation sites (tertiary alicyclic amines) is 1. The Labute approximate surface area is 86.0 Å². The topological polar surface area (TPSA) is 44.4 Å². The summed E-state index contributed by atoms with van der Waals surface area (Å²) in [6, 6.07) is 0.562. The van der Waals surface area contributed by atoms with Gasteiger partial charge in [0.25, 0.3) is 0 Å². The molecule has 14 heavy (non-hydrogen) atoms. The first-order valence-corrected chi connectivity index (χ1v) is 5.54. The number of urea groups is 1. The fourth-order valence-electron chi connectivity index (χ4n) is 1.88. The number of carbonyl (C=O) groups excluding carboxylic acids is 1. The summed E-state index contributed by atoms with van der Waals surface area (Å²) in [5.74, 6) is 0. The second-order valence-corrected chi connectivity index (χ2v) is 3.68. The Morgan fingerprint density at radius 1 is 1.43 bits per heavy atom. The molecule has 0 aromatic heterocycles. The number of nitrogens with zero attached hydrogens (tertiary/aromatic N) is 1. The van der Waals surface area contributed by atoms with Crippen LogP contribution in [0, 0.1) is 0 Å². The lowest BCUT2D eigenvalue weighted by Crippen LogP contribution is -2.51. The fourth-order valence-corrected chi connectivity index (χ4v) is 1.88. The molecule has 0 spiro atoms. The van der Waals surface area contributed by atoms with Gasteiger partial charge in [0, 0.05) is 25.7 Å². The van der Waals surface area contributed by atoms with Crippen LogP contribution >= 0.6 is 0 Å². The minimum Gasteiger partial charge on any atom is -0.338 e. The van der Waals surface area contributed by atoms with E-state index >= 15 is 0 Å². The molecule has 1 fully saturated rings. The summed E-state index contributed by atoms with van der Waals surface area (Å²) in [5, 5.41) is 6.23. The monoisotopic (exact) mass is 199 g/mol. The van der Waals surface area contributed by atoms with Gasteiger partial charge in [0.05, 0.1) is 0 Å². The minimum absolute atomic E-state index is 0.0788. The van der Waals surface area contributed by atoms with Gasteiger partial charge < -0.3 is 15.5 Å². The largest absolute Gasteiger partial charge is 0.338 e. The van der Waals surface area contributed by atoms with Gasteiger partial charge in [-0.05, 0) is 26.3 Å². The molecule has 0 aromatic carbocycles. The molecular weight excluding hydrogens is 178 g/mol. The minimum atomic E-state index is 0.0788. The molecule has 1 atom stereocenters. The molecule has 0 saturated carbocycles. The molecule has 4 nitrogen and oxygen atoms in total. The first-order valence-electron chi connectivity index (χ1n) is 5.54. The Balaban J connectivity index is 2.35. The molecule has 82 valence electrons. The summed E-state index contributed by atoms with van der Waals surface area (Å²) >= 11 is 0. The number of piperidine rings is 1. The van der Waals surface area contributed by atoms with E-state index < -0.39 is 0 Å². The summed E-state index contributed by atoms with van der Waals surface area (Å²) < 4.78 is 0. The number of rotatable bonds is 3. The molecule has 1 aliphatic heterocycles. The van der Waals surface area contributed by atoms with Crippen molar-refractivity contribution in [2.24, 2.45) is 0 Å². The van der Waals surface area contributed by atoms with Gasteiger partial charge in [-0.25, -0.2) is 4.79 Å². The second-order valence-electron chi connectivity index (χ2n) is 3.68. The fraction of sp³-hybridized carbons (Fsp3) is 0.900. The Morgan fingerprint density at radius 3 is 2.86 bits per heavy atom. The second kappa shape index (κ2) is 5.86. The van der Waals surface area contributed by atoms with Crippen molar-refractivity contribution in [3.05, 3.63) is 0 Å². The third kappa shape index (κ3) is 3.18. The average Bonchev–Trinajstić information content (AvgIpc) is 2.19. The van der Waals surface area contributed by atoms with Crippen molar-refractivity contribution in [3.63, 3.8) is 0 Å². The predicted octanol–water partition coefficient (Wildman–Crippen LogP) is 0.790. The van der Waals surface area contributed by atoms with Crippen molar-refractivity contribution >= 4 is 6.03 Å². The van der Waals surface area contributed by atoms with E-state index in [1.807, 2.05) is 11.8 Å². The highest BCUT2D eigenvalue weighted by Crippen LogP contribution is 2.09. The Morgan fingerprint density at radius 2 is 2.21 bits per heavy atom. The number of amides is 2. The van der Waals surface area contributed by atoms with Crippen LogP contribution in [-0.2, 0) is 0 Å². The van der Waals surface area contributed by atoms with Crippen molar-refractivity contribution < 1.29 is 4.79 Å². The zero-order valence-corrected chi connectivity index (χ0v) is 9.18. The molecule has 0 bridgehead atoms. The summed E-state index contributed by atoms with van der Waals surface area (Å²) in [6.45, 7) is 7.48. The van der Waals surface area contributed by atoms with Gasteiger partial charge in [-0.2, -0.15) is 0 Å². The van der Waals surface area contributed by atoms with E-state index in [4.69, 9.17) is 0 Å². The molecule has 1 unspecified atom stereocenters. The smallest absolute Gasteiger partial charge is 0.317 e. The molecule has 1 saturated heterocycles. The number of carbonyl (C=O) groups is 1. The summed E-state index contributed by atoms with van der Waals surface area (Å²) in [4.78, 5) is 13.4. The van der Waals surface area contributed by atoms with Crippen molar-refractivity contribution in [1.82, 2.24) is 15.5 Å². The van der Waals surface area contributed by atoms with Crippen LogP contribution in [-0.4, -0.2) is 43.2 Å². The van der Waals surface area contributed by atoms with Crippen molar-refractivity contribution in [1.29, 1.82) is 0 Å². The Bertz CT molecular complexity index is 182. The van der Waals surface area contributed by atoms with Gasteiger partial charge in [0.15, 0.2) is 0 Å². The number of hydrogen-bond donors (Lipinski definition) is 2. The van der Waals surface area contributed by atoms with E-state index in [2.05, 4.69) is 17.6 Å². The summed E-state index contributed by atoms with van der Waals surface area (Å²) in [5.41, 5.74) is 0. The van der Waals surface area contributed by atoms with Crippen LogP contribution in [0.1, 0.15) is 26.7 Å². The lowest BCUT2D eigenvalue weighted by atomic mass is 10.1. The number of hydrogen-bond acceptors (Lipinski definition) is 2. The molecule has 2 N–H and O–H groups in total. The van der Waals surface area contributed by atoms with Gasteiger partial charge in [-0.3, -0.25) is 0 Å². The highest BCUT2D eigenvalue weighted by molar-refractivity contribution is 5.74. The number of nitrogens with one attached hydrogen (secondary N) is 2. The van der Waals surface area contributed by atoms with Gasteiger partial charge in [0.2, 0.25) is 0 Å². The Hall–Kier alpha value is -0.770. The Kier molecular flexibility index (Phi) is 4.73. The maximum atomic E-state index is 11.5. The molecule has 0 radical (unpaired) electrons. The van der Waals surface area contributed by atoms with E-state index in [0.717, 1.165) is 26.1 Å². The maximum Gasteiger partial charge on any atom is 0.317 e. The van der Waals surface area contributed by atoms with Crippen LogP contribution in [0.4, 0.5) is 4.79 Å². The van der Waals surface area contributed by atoms with Gasteiger partial charge in [-0.15, -0.1) is 0 Å². The third-order valence-electron chi connectivity index (χ3n) is 2.53. The average molecular weight is 199 g/mol. The van der Waals surface area contributed by atoms with Crippen LogP contribution in [0.5, 0.6) is 0 Å². The van der Waals surface area contributed by atoms with Crippen molar-refractivity contribution in [2.45, 2.75) is 32.7 Å². The van der Waals surface area contributed by atoms with Crippen LogP contribution in [0.15, 0.2) is 0 Å². The first kappa shape index (κ1) is 11.3. The van der Waals surface area contributed by atoms with Gasteiger partial charge in [-0.1, -0.05) is 6.92 Å². The normalized spacial score (nSPS) is 22.1. The molecule has 1 rings (SSSR count). The maximum absolute atomic E-state index is 11.5. The van der Waals surface area contributed by atoms with Crippen LogP contribution < -0.4 is 10.6 Å². The SMILES string of the molecule is CCNC(=O)N1CCCC(NCC)C1. The van der Waals surface area contributed by atoms with Crippen LogP contribution in [0.3, 0.4) is 0 Å². The zero-order valence-electron chi connectivity index (χ0n) is 9.18.